The van der Waals surface area contributed by atoms with E-state index in [9.17, 15) is 9.90 Å². The van der Waals surface area contributed by atoms with Crippen LogP contribution in [0.5, 0.6) is 5.75 Å². The van der Waals surface area contributed by atoms with Gasteiger partial charge >= 0.3 is 5.97 Å². The van der Waals surface area contributed by atoms with Crippen LogP contribution in [0, 0.1) is 0 Å². The number of carbonyl (C=O) groups is 1. The number of benzene rings is 2. The second kappa shape index (κ2) is 4.70. The topological polar surface area (TPSA) is 46.5 Å². The van der Waals surface area contributed by atoms with E-state index in [2.05, 4.69) is 6.58 Å². The summed E-state index contributed by atoms with van der Waals surface area (Å²) >= 11 is 0. The Bertz CT molecular complexity index is 573. The molecule has 2 rings (SSSR count). The van der Waals surface area contributed by atoms with Crippen LogP contribution in [0.15, 0.2) is 49.1 Å². The third kappa shape index (κ3) is 2.45. The molecule has 0 spiro atoms. The molecule has 0 fully saturated rings. The SMILES string of the molecule is C=CC(=O)OCc1cc(O)cc2ccccc12. The van der Waals surface area contributed by atoms with Crippen LogP contribution in [-0.2, 0) is 16.1 Å². The number of esters is 1. The van der Waals surface area contributed by atoms with Gasteiger partial charge in [-0.05, 0) is 22.9 Å². The number of phenolic OH excluding ortho intramolecular Hbond substituents is 1. The Labute approximate surface area is 99.0 Å². The minimum Gasteiger partial charge on any atom is -0.508 e. The van der Waals surface area contributed by atoms with Crippen molar-refractivity contribution in [1.29, 1.82) is 0 Å². The summed E-state index contributed by atoms with van der Waals surface area (Å²) in [6.45, 7) is 3.45. The van der Waals surface area contributed by atoms with Gasteiger partial charge in [0.25, 0.3) is 0 Å². The molecule has 1 N–H and O–H groups in total. The van der Waals surface area contributed by atoms with Crippen molar-refractivity contribution in [2.45, 2.75) is 6.61 Å². The summed E-state index contributed by atoms with van der Waals surface area (Å²) in [6, 6.07) is 10.9. The molecule has 0 aliphatic heterocycles. The average molecular weight is 228 g/mol. The molecular weight excluding hydrogens is 216 g/mol. The lowest BCUT2D eigenvalue weighted by Gasteiger charge is -2.07. The molecule has 0 saturated carbocycles. The van der Waals surface area contributed by atoms with Gasteiger partial charge in [-0.25, -0.2) is 4.79 Å². The molecule has 0 aliphatic rings. The first-order valence-electron chi connectivity index (χ1n) is 5.20. The molecule has 17 heavy (non-hydrogen) atoms. The van der Waals surface area contributed by atoms with Crippen LogP contribution in [0.1, 0.15) is 5.56 Å². The number of ether oxygens (including phenoxy) is 1. The standard InChI is InChI=1S/C14H12O3/c1-2-14(16)17-9-11-8-12(15)7-10-5-3-4-6-13(10)11/h2-8,15H,1,9H2. The third-order valence-electron chi connectivity index (χ3n) is 2.47. The number of hydrogen-bond acceptors (Lipinski definition) is 3. The van der Waals surface area contributed by atoms with Gasteiger partial charge in [-0.1, -0.05) is 30.8 Å². The van der Waals surface area contributed by atoms with Crippen LogP contribution < -0.4 is 0 Å². The molecule has 3 nitrogen and oxygen atoms in total. The Morgan fingerprint density at radius 1 is 1.35 bits per heavy atom. The summed E-state index contributed by atoms with van der Waals surface area (Å²) in [5, 5.41) is 11.4. The molecule has 0 amide bonds. The van der Waals surface area contributed by atoms with E-state index < -0.39 is 5.97 Å². The molecule has 0 aromatic heterocycles. The minimum atomic E-state index is -0.475. The second-order valence-electron chi connectivity index (χ2n) is 3.64. The number of aromatic hydroxyl groups is 1. The predicted octanol–water partition coefficient (Wildman–Crippen LogP) is 2.77. The molecule has 0 saturated heterocycles. The molecule has 0 bridgehead atoms. The Morgan fingerprint density at radius 3 is 2.88 bits per heavy atom. The number of fused-ring (bicyclic) bond motifs is 1. The number of phenols is 1. The van der Waals surface area contributed by atoms with E-state index in [1.165, 1.54) is 0 Å². The van der Waals surface area contributed by atoms with Crippen molar-refractivity contribution < 1.29 is 14.6 Å². The number of hydrogen-bond donors (Lipinski definition) is 1. The zero-order chi connectivity index (χ0) is 12.3. The molecule has 3 heteroatoms. The predicted molar refractivity (Wildman–Crippen MR) is 65.6 cm³/mol. The van der Waals surface area contributed by atoms with Gasteiger partial charge in [-0.3, -0.25) is 0 Å². The highest BCUT2D eigenvalue weighted by Gasteiger charge is 2.05. The smallest absolute Gasteiger partial charge is 0.330 e. The summed E-state index contributed by atoms with van der Waals surface area (Å²) in [5.41, 5.74) is 0.774. The van der Waals surface area contributed by atoms with Crippen LogP contribution in [0.3, 0.4) is 0 Å². The van der Waals surface area contributed by atoms with Crippen molar-refractivity contribution in [2.75, 3.05) is 0 Å². The Morgan fingerprint density at radius 2 is 2.12 bits per heavy atom. The third-order valence-corrected chi connectivity index (χ3v) is 2.47. The fourth-order valence-electron chi connectivity index (χ4n) is 1.70. The average Bonchev–Trinajstić information content (AvgIpc) is 2.35. The summed E-state index contributed by atoms with van der Waals surface area (Å²) in [5.74, 6) is -0.314. The van der Waals surface area contributed by atoms with Gasteiger partial charge in [-0.2, -0.15) is 0 Å². The molecule has 86 valence electrons. The Kier molecular flexibility index (Phi) is 3.10. The number of carbonyl (C=O) groups excluding carboxylic acids is 1. The summed E-state index contributed by atoms with van der Waals surface area (Å²) in [6.07, 6.45) is 1.12. The van der Waals surface area contributed by atoms with E-state index in [0.29, 0.717) is 0 Å². The normalized spacial score (nSPS) is 10.1. The highest BCUT2D eigenvalue weighted by Crippen LogP contribution is 2.25. The fourth-order valence-corrected chi connectivity index (χ4v) is 1.70. The lowest BCUT2D eigenvalue weighted by atomic mass is 10.0. The van der Waals surface area contributed by atoms with Gasteiger partial charge in [0.15, 0.2) is 0 Å². The molecule has 2 aromatic carbocycles. The van der Waals surface area contributed by atoms with Crippen LogP contribution >= 0.6 is 0 Å². The first kappa shape index (κ1) is 11.2. The molecule has 0 unspecified atom stereocenters. The lowest BCUT2D eigenvalue weighted by molar-refractivity contribution is -0.138. The van der Waals surface area contributed by atoms with E-state index in [1.807, 2.05) is 24.3 Å². The van der Waals surface area contributed by atoms with E-state index in [-0.39, 0.29) is 12.4 Å². The van der Waals surface area contributed by atoms with Crippen molar-refractivity contribution in [2.24, 2.45) is 0 Å². The lowest BCUT2D eigenvalue weighted by Crippen LogP contribution is -2.00. The van der Waals surface area contributed by atoms with Crippen LogP contribution in [0.25, 0.3) is 10.8 Å². The van der Waals surface area contributed by atoms with Crippen LogP contribution in [0.4, 0.5) is 0 Å². The number of rotatable bonds is 3. The van der Waals surface area contributed by atoms with Gasteiger partial charge in [0.2, 0.25) is 0 Å². The summed E-state index contributed by atoms with van der Waals surface area (Å²) in [4.78, 5) is 11.0. The van der Waals surface area contributed by atoms with E-state index in [0.717, 1.165) is 22.4 Å². The molecular formula is C14H12O3. The molecule has 0 aliphatic carbocycles. The van der Waals surface area contributed by atoms with E-state index in [1.54, 1.807) is 12.1 Å². The molecule has 0 radical (unpaired) electrons. The quantitative estimate of drug-likeness (QED) is 0.649. The first-order valence-corrected chi connectivity index (χ1v) is 5.20. The molecule has 0 atom stereocenters. The maximum absolute atomic E-state index is 11.0. The van der Waals surface area contributed by atoms with E-state index >= 15 is 0 Å². The monoisotopic (exact) mass is 228 g/mol. The van der Waals surface area contributed by atoms with Crippen molar-refractivity contribution in [3.05, 3.63) is 54.6 Å². The highest BCUT2D eigenvalue weighted by molar-refractivity contribution is 5.87. The van der Waals surface area contributed by atoms with Crippen molar-refractivity contribution >= 4 is 16.7 Å². The van der Waals surface area contributed by atoms with Gasteiger partial charge < -0.3 is 9.84 Å². The molecule has 2 aromatic rings. The summed E-state index contributed by atoms with van der Waals surface area (Å²) < 4.78 is 4.97. The minimum absolute atomic E-state index is 0.125. The zero-order valence-corrected chi connectivity index (χ0v) is 9.22. The van der Waals surface area contributed by atoms with Gasteiger partial charge in [-0.15, -0.1) is 0 Å². The first-order chi connectivity index (χ1) is 8.20. The van der Waals surface area contributed by atoms with Crippen molar-refractivity contribution in [1.82, 2.24) is 0 Å². The fraction of sp³-hybridized carbons (Fsp3) is 0.0714. The van der Waals surface area contributed by atoms with Gasteiger partial charge in [0, 0.05) is 11.6 Å². The van der Waals surface area contributed by atoms with Crippen molar-refractivity contribution in [3.63, 3.8) is 0 Å². The van der Waals surface area contributed by atoms with Crippen LogP contribution in [-0.4, -0.2) is 11.1 Å². The Balaban J connectivity index is 2.38. The van der Waals surface area contributed by atoms with Gasteiger partial charge in [0.05, 0.1) is 0 Å². The van der Waals surface area contributed by atoms with Crippen molar-refractivity contribution in [3.8, 4) is 5.75 Å². The maximum atomic E-state index is 11.0. The second-order valence-corrected chi connectivity index (χ2v) is 3.64. The highest BCUT2D eigenvalue weighted by atomic mass is 16.5. The largest absolute Gasteiger partial charge is 0.508 e. The molecule has 0 heterocycles. The Hall–Kier alpha value is -2.29. The van der Waals surface area contributed by atoms with Crippen LogP contribution in [0.2, 0.25) is 0 Å². The maximum Gasteiger partial charge on any atom is 0.330 e. The van der Waals surface area contributed by atoms with E-state index in [4.69, 9.17) is 4.74 Å². The van der Waals surface area contributed by atoms with Gasteiger partial charge in [0.1, 0.15) is 12.4 Å². The zero-order valence-electron chi connectivity index (χ0n) is 9.22. The summed E-state index contributed by atoms with van der Waals surface area (Å²) in [7, 11) is 0.